The van der Waals surface area contributed by atoms with Crippen molar-refractivity contribution in [1.82, 2.24) is 0 Å². The van der Waals surface area contributed by atoms with Crippen LogP contribution in [0.15, 0.2) is 48.5 Å². The Morgan fingerprint density at radius 2 is 1.96 bits per heavy atom. The molecule has 0 spiro atoms. The average Bonchev–Trinajstić information content (AvgIpc) is 3.10. The number of amides is 2. The predicted molar refractivity (Wildman–Crippen MR) is 104 cm³/mol. The van der Waals surface area contributed by atoms with E-state index in [9.17, 15) is 9.59 Å². The number of anilines is 2. The second-order valence-electron chi connectivity index (χ2n) is 6.82. The molecule has 1 aliphatic heterocycles. The van der Waals surface area contributed by atoms with Crippen LogP contribution >= 0.6 is 0 Å². The minimum atomic E-state index is -0.565. The van der Waals surface area contributed by atoms with E-state index in [2.05, 4.69) is 11.4 Å². The number of para-hydroxylation sites is 1. The summed E-state index contributed by atoms with van der Waals surface area (Å²) in [6, 6.07) is 14.4. The van der Waals surface area contributed by atoms with Gasteiger partial charge in [-0.05, 0) is 42.2 Å². The highest BCUT2D eigenvalue weighted by Gasteiger charge is 2.25. The van der Waals surface area contributed by atoms with E-state index in [0.29, 0.717) is 17.8 Å². The van der Waals surface area contributed by atoms with E-state index in [-0.39, 0.29) is 17.7 Å². The minimum absolute atomic E-state index is 0.0581. The highest BCUT2D eigenvalue weighted by molar-refractivity contribution is 6.08. The molecule has 5 heteroatoms. The summed E-state index contributed by atoms with van der Waals surface area (Å²) in [5.41, 5.74) is 9.27. The van der Waals surface area contributed by atoms with Crippen LogP contribution in [-0.4, -0.2) is 24.4 Å². The van der Waals surface area contributed by atoms with Gasteiger partial charge in [0.1, 0.15) is 0 Å². The first kappa shape index (κ1) is 18.1. The van der Waals surface area contributed by atoms with Gasteiger partial charge in [0, 0.05) is 23.5 Å². The lowest BCUT2D eigenvalue weighted by atomic mass is 9.99. The summed E-state index contributed by atoms with van der Waals surface area (Å²) in [6.07, 6.45) is 1.70. The number of nitrogens with one attached hydrogen (secondary N) is 1. The van der Waals surface area contributed by atoms with Crippen LogP contribution in [0.25, 0.3) is 0 Å². The van der Waals surface area contributed by atoms with Crippen LogP contribution < -0.4 is 16.0 Å². The Balaban J connectivity index is 1.76. The van der Waals surface area contributed by atoms with Crippen molar-refractivity contribution >= 4 is 23.2 Å². The molecule has 3 N–H and O–H groups in total. The number of rotatable bonds is 5. The van der Waals surface area contributed by atoms with E-state index in [1.54, 1.807) is 29.2 Å². The van der Waals surface area contributed by atoms with Gasteiger partial charge in [0.15, 0.2) is 0 Å². The zero-order valence-electron chi connectivity index (χ0n) is 15.2. The molecule has 2 aromatic rings. The molecule has 3 rings (SSSR count). The summed E-state index contributed by atoms with van der Waals surface area (Å²) in [4.78, 5) is 27.0. The fraction of sp³-hybridized carbons (Fsp3) is 0.333. The number of fused-ring (bicyclic) bond motifs is 1. The first-order chi connectivity index (χ1) is 12.5. The topological polar surface area (TPSA) is 75.4 Å². The van der Waals surface area contributed by atoms with Crippen molar-refractivity contribution in [2.75, 3.05) is 16.8 Å². The van der Waals surface area contributed by atoms with Crippen LogP contribution in [0.3, 0.4) is 0 Å². The van der Waals surface area contributed by atoms with Crippen molar-refractivity contribution in [2.24, 2.45) is 11.7 Å². The second-order valence-corrected chi connectivity index (χ2v) is 6.82. The van der Waals surface area contributed by atoms with E-state index in [1.165, 1.54) is 5.56 Å². The van der Waals surface area contributed by atoms with Gasteiger partial charge >= 0.3 is 0 Å². The number of benzene rings is 2. The Hall–Kier alpha value is -2.66. The molecule has 0 aromatic heterocycles. The Morgan fingerprint density at radius 1 is 1.19 bits per heavy atom. The number of nitrogens with zero attached hydrogens (tertiary/aromatic N) is 1. The van der Waals surface area contributed by atoms with E-state index in [0.717, 1.165) is 18.5 Å². The zero-order valence-corrected chi connectivity index (χ0v) is 15.2. The summed E-state index contributed by atoms with van der Waals surface area (Å²) >= 11 is 0. The van der Waals surface area contributed by atoms with Crippen molar-refractivity contribution in [1.29, 1.82) is 0 Å². The molecule has 2 atom stereocenters. The van der Waals surface area contributed by atoms with Crippen LogP contribution in [0.1, 0.15) is 36.2 Å². The highest BCUT2D eigenvalue weighted by atomic mass is 16.2. The fourth-order valence-corrected chi connectivity index (χ4v) is 3.17. The lowest BCUT2D eigenvalue weighted by Gasteiger charge is -2.19. The van der Waals surface area contributed by atoms with Gasteiger partial charge in [0.2, 0.25) is 5.91 Å². The SMILES string of the molecule is CCC(C)C(N)C(=O)Nc1cccc(C(=O)N2CCc3ccccc32)c1. The van der Waals surface area contributed by atoms with Gasteiger partial charge in [-0.15, -0.1) is 0 Å². The first-order valence-electron chi connectivity index (χ1n) is 9.07. The Labute approximate surface area is 154 Å². The largest absolute Gasteiger partial charge is 0.325 e. The van der Waals surface area contributed by atoms with E-state index < -0.39 is 6.04 Å². The molecular formula is C21H25N3O2. The summed E-state index contributed by atoms with van der Waals surface area (Å²) in [7, 11) is 0. The van der Waals surface area contributed by atoms with Gasteiger partial charge in [-0.2, -0.15) is 0 Å². The summed E-state index contributed by atoms with van der Waals surface area (Å²) in [5, 5.41) is 2.83. The molecule has 2 unspecified atom stereocenters. The third kappa shape index (κ3) is 3.63. The van der Waals surface area contributed by atoms with E-state index >= 15 is 0 Å². The summed E-state index contributed by atoms with van der Waals surface area (Å²) in [5.74, 6) is -0.186. The summed E-state index contributed by atoms with van der Waals surface area (Å²) < 4.78 is 0. The standard InChI is InChI=1S/C21H25N3O2/c1-3-14(2)19(22)20(25)23-17-9-6-8-16(13-17)21(26)24-12-11-15-7-4-5-10-18(15)24/h4-10,13-14,19H,3,11-12,22H2,1-2H3,(H,23,25). The molecule has 0 bridgehead atoms. The molecule has 0 saturated carbocycles. The molecule has 1 aliphatic rings. The maximum atomic E-state index is 12.9. The van der Waals surface area contributed by atoms with Crippen LogP contribution in [0, 0.1) is 5.92 Å². The lowest BCUT2D eigenvalue weighted by Crippen LogP contribution is -2.40. The fourth-order valence-electron chi connectivity index (χ4n) is 3.17. The van der Waals surface area contributed by atoms with E-state index in [1.807, 2.05) is 32.0 Å². The van der Waals surface area contributed by atoms with E-state index in [4.69, 9.17) is 5.73 Å². The van der Waals surface area contributed by atoms with Crippen molar-refractivity contribution < 1.29 is 9.59 Å². The van der Waals surface area contributed by atoms with Crippen LogP contribution in [0.2, 0.25) is 0 Å². The Kier molecular flexibility index (Phi) is 5.38. The van der Waals surface area contributed by atoms with Crippen molar-refractivity contribution in [3.63, 3.8) is 0 Å². The van der Waals surface area contributed by atoms with Crippen LogP contribution in [0.4, 0.5) is 11.4 Å². The number of hydrogen-bond donors (Lipinski definition) is 2. The third-order valence-corrected chi connectivity index (χ3v) is 5.07. The van der Waals surface area contributed by atoms with Crippen LogP contribution in [0.5, 0.6) is 0 Å². The molecule has 0 aliphatic carbocycles. The van der Waals surface area contributed by atoms with Crippen molar-refractivity contribution in [2.45, 2.75) is 32.7 Å². The monoisotopic (exact) mass is 351 g/mol. The molecule has 2 aromatic carbocycles. The van der Waals surface area contributed by atoms with Gasteiger partial charge in [-0.25, -0.2) is 0 Å². The van der Waals surface area contributed by atoms with Crippen molar-refractivity contribution in [3.05, 3.63) is 59.7 Å². The smallest absolute Gasteiger partial charge is 0.258 e. The lowest BCUT2D eigenvalue weighted by molar-refractivity contribution is -0.118. The highest BCUT2D eigenvalue weighted by Crippen LogP contribution is 2.29. The maximum absolute atomic E-state index is 12.9. The molecule has 0 radical (unpaired) electrons. The molecule has 26 heavy (non-hydrogen) atoms. The molecule has 5 nitrogen and oxygen atoms in total. The van der Waals surface area contributed by atoms with Gasteiger partial charge in [-0.1, -0.05) is 44.5 Å². The minimum Gasteiger partial charge on any atom is -0.325 e. The molecule has 1 heterocycles. The predicted octanol–water partition coefficient (Wildman–Crippen LogP) is 3.20. The number of nitrogens with two attached hydrogens (primary N) is 1. The quantitative estimate of drug-likeness (QED) is 0.868. The molecule has 0 saturated heterocycles. The zero-order chi connectivity index (χ0) is 18.7. The van der Waals surface area contributed by atoms with Gasteiger partial charge < -0.3 is 16.0 Å². The normalized spacial score (nSPS) is 15.3. The molecule has 136 valence electrons. The molecule has 2 amide bonds. The Morgan fingerprint density at radius 3 is 2.73 bits per heavy atom. The van der Waals surface area contributed by atoms with Crippen molar-refractivity contribution in [3.8, 4) is 0 Å². The molecular weight excluding hydrogens is 326 g/mol. The summed E-state index contributed by atoms with van der Waals surface area (Å²) in [6.45, 7) is 4.63. The van der Waals surface area contributed by atoms with Crippen LogP contribution in [-0.2, 0) is 11.2 Å². The number of hydrogen-bond acceptors (Lipinski definition) is 3. The van der Waals surface area contributed by atoms with Gasteiger partial charge in [0.25, 0.3) is 5.91 Å². The third-order valence-electron chi connectivity index (χ3n) is 5.07. The average molecular weight is 351 g/mol. The van der Waals surface area contributed by atoms with Gasteiger partial charge in [0.05, 0.1) is 6.04 Å². The molecule has 0 fully saturated rings. The second kappa shape index (κ2) is 7.70. The maximum Gasteiger partial charge on any atom is 0.258 e. The Bertz CT molecular complexity index is 818. The first-order valence-corrected chi connectivity index (χ1v) is 9.07. The number of carbonyl (C=O) groups excluding carboxylic acids is 2. The van der Waals surface area contributed by atoms with Gasteiger partial charge in [-0.3, -0.25) is 9.59 Å². The number of carbonyl (C=O) groups is 2.